The minimum atomic E-state index is -4.74. The van der Waals surface area contributed by atoms with Crippen molar-refractivity contribution in [2.45, 2.75) is 25.6 Å². The van der Waals surface area contributed by atoms with Crippen LogP contribution in [0.15, 0.2) is 36.4 Å². The lowest BCUT2D eigenvalue weighted by molar-refractivity contribution is -0.274. The second-order valence-electron chi connectivity index (χ2n) is 6.55. The van der Waals surface area contributed by atoms with Gasteiger partial charge in [-0.2, -0.15) is 0 Å². The van der Waals surface area contributed by atoms with E-state index in [0.29, 0.717) is 29.9 Å². The van der Waals surface area contributed by atoms with Crippen molar-refractivity contribution in [3.8, 4) is 28.5 Å². The molecule has 8 heteroatoms. The molecule has 0 unspecified atom stereocenters. The lowest BCUT2D eigenvalue weighted by Gasteiger charge is -2.11. The van der Waals surface area contributed by atoms with Crippen LogP contribution in [0.5, 0.6) is 17.2 Å². The molecule has 0 saturated heterocycles. The van der Waals surface area contributed by atoms with Crippen molar-refractivity contribution in [3.05, 3.63) is 42.0 Å². The molecular weight excluding hydrogens is 385 g/mol. The number of nitrogens with two attached hydrogens (primary N) is 1. The van der Waals surface area contributed by atoms with E-state index in [1.54, 1.807) is 26.4 Å². The topological polar surface area (TPSA) is 69.5 Å². The van der Waals surface area contributed by atoms with Crippen LogP contribution in [0.3, 0.4) is 0 Å². The van der Waals surface area contributed by atoms with Crippen LogP contribution in [0.4, 0.5) is 13.2 Å². The molecule has 3 rings (SSSR count). The molecule has 0 aliphatic carbocycles. The fourth-order valence-corrected chi connectivity index (χ4v) is 3.37. The molecule has 3 N–H and O–H groups in total. The van der Waals surface area contributed by atoms with Crippen LogP contribution in [-0.4, -0.2) is 32.1 Å². The highest BCUT2D eigenvalue weighted by molar-refractivity contribution is 5.92. The van der Waals surface area contributed by atoms with Crippen molar-refractivity contribution >= 4 is 10.9 Å². The van der Waals surface area contributed by atoms with Crippen LogP contribution in [0, 0.1) is 0 Å². The largest absolute Gasteiger partial charge is 0.573 e. The Balaban J connectivity index is 2.11. The summed E-state index contributed by atoms with van der Waals surface area (Å²) in [5.74, 6) is 0.915. The van der Waals surface area contributed by atoms with Gasteiger partial charge in [-0.25, -0.2) is 0 Å². The molecule has 5 nitrogen and oxygen atoms in total. The summed E-state index contributed by atoms with van der Waals surface area (Å²) in [5.41, 5.74) is 8.92. The monoisotopic (exact) mass is 408 g/mol. The highest BCUT2D eigenvalue weighted by atomic mass is 19.4. The number of H-pyrrole nitrogens is 1. The van der Waals surface area contributed by atoms with Gasteiger partial charge in [-0.1, -0.05) is 0 Å². The summed E-state index contributed by atoms with van der Waals surface area (Å²) in [6.45, 7) is 0.552. The zero-order valence-corrected chi connectivity index (χ0v) is 16.2. The molecule has 29 heavy (non-hydrogen) atoms. The molecule has 156 valence electrons. The van der Waals surface area contributed by atoms with Gasteiger partial charge in [-0.15, -0.1) is 13.2 Å². The van der Waals surface area contributed by atoms with Gasteiger partial charge in [0.2, 0.25) is 0 Å². The maximum absolute atomic E-state index is 12.6. The molecule has 0 bridgehead atoms. The van der Waals surface area contributed by atoms with Gasteiger partial charge in [0.15, 0.2) is 11.5 Å². The summed E-state index contributed by atoms with van der Waals surface area (Å²) in [7, 11) is 3.11. The minimum absolute atomic E-state index is 0.247. The number of fused-ring (bicyclic) bond motifs is 1. The SMILES string of the molecule is COc1ccc(-c2[nH]c3ccc(OC(F)(F)F)cc3c2CCCCN)cc1OC. The van der Waals surface area contributed by atoms with Gasteiger partial charge in [-0.05, 0) is 67.8 Å². The third-order valence-electron chi connectivity index (χ3n) is 4.66. The number of hydrogen-bond donors (Lipinski definition) is 2. The fourth-order valence-electron chi connectivity index (χ4n) is 3.37. The van der Waals surface area contributed by atoms with E-state index in [9.17, 15) is 13.2 Å². The molecule has 0 fully saturated rings. The Labute approximate surface area is 166 Å². The first-order valence-electron chi connectivity index (χ1n) is 9.19. The molecule has 0 aliphatic heterocycles. The number of aromatic amines is 1. The second-order valence-corrected chi connectivity index (χ2v) is 6.55. The highest BCUT2D eigenvalue weighted by Crippen LogP contribution is 2.38. The number of benzene rings is 2. The fraction of sp³-hybridized carbons (Fsp3) is 0.333. The third-order valence-corrected chi connectivity index (χ3v) is 4.66. The van der Waals surface area contributed by atoms with Crippen molar-refractivity contribution < 1.29 is 27.4 Å². The van der Waals surface area contributed by atoms with Crippen LogP contribution in [0.25, 0.3) is 22.2 Å². The normalized spacial score (nSPS) is 11.7. The summed E-state index contributed by atoms with van der Waals surface area (Å²) < 4.78 is 52.7. The smallest absolute Gasteiger partial charge is 0.493 e. The third kappa shape index (κ3) is 4.76. The molecule has 0 aliphatic rings. The number of methoxy groups -OCH3 is 2. The highest BCUT2D eigenvalue weighted by Gasteiger charge is 2.31. The predicted molar refractivity (Wildman–Crippen MR) is 106 cm³/mol. The summed E-state index contributed by atoms with van der Waals surface area (Å²) in [6, 6.07) is 9.82. The molecule has 0 atom stereocenters. The van der Waals surface area contributed by atoms with Crippen LogP contribution in [0.1, 0.15) is 18.4 Å². The Morgan fingerprint density at radius 3 is 2.38 bits per heavy atom. The number of rotatable bonds is 8. The maximum atomic E-state index is 12.6. The van der Waals surface area contributed by atoms with Gasteiger partial charge in [0.25, 0.3) is 0 Å². The van der Waals surface area contributed by atoms with E-state index in [1.807, 2.05) is 12.1 Å². The van der Waals surface area contributed by atoms with Crippen molar-refractivity contribution in [1.82, 2.24) is 4.98 Å². The maximum Gasteiger partial charge on any atom is 0.573 e. The van der Waals surface area contributed by atoms with Crippen molar-refractivity contribution in [3.63, 3.8) is 0 Å². The molecule has 1 aromatic heterocycles. The first-order chi connectivity index (χ1) is 13.9. The molecule has 3 aromatic rings. The predicted octanol–water partition coefficient (Wildman–Crippen LogP) is 5.03. The lowest BCUT2D eigenvalue weighted by atomic mass is 10.00. The zero-order chi connectivity index (χ0) is 21.0. The van der Waals surface area contributed by atoms with E-state index in [4.69, 9.17) is 15.2 Å². The first kappa shape index (κ1) is 20.9. The molecule has 1 heterocycles. The average molecular weight is 408 g/mol. The quantitative estimate of drug-likeness (QED) is 0.513. The average Bonchev–Trinajstić information content (AvgIpc) is 3.04. The summed E-state index contributed by atoms with van der Waals surface area (Å²) >= 11 is 0. The lowest BCUT2D eigenvalue weighted by Crippen LogP contribution is -2.16. The zero-order valence-electron chi connectivity index (χ0n) is 16.2. The van der Waals surface area contributed by atoms with E-state index < -0.39 is 6.36 Å². The number of nitrogens with one attached hydrogen (secondary N) is 1. The summed E-state index contributed by atoms with van der Waals surface area (Å²) in [5, 5.41) is 0.688. The Hall–Kier alpha value is -2.87. The summed E-state index contributed by atoms with van der Waals surface area (Å²) in [6.07, 6.45) is -2.45. The summed E-state index contributed by atoms with van der Waals surface area (Å²) in [4.78, 5) is 3.32. The van der Waals surface area contributed by atoms with Crippen LogP contribution >= 0.6 is 0 Å². The minimum Gasteiger partial charge on any atom is -0.493 e. The van der Waals surface area contributed by atoms with E-state index in [2.05, 4.69) is 9.72 Å². The number of aryl methyl sites for hydroxylation is 1. The van der Waals surface area contributed by atoms with Crippen LogP contribution < -0.4 is 19.9 Å². The van der Waals surface area contributed by atoms with Crippen molar-refractivity contribution in [2.24, 2.45) is 5.73 Å². The Kier molecular flexibility index (Phi) is 6.22. The van der Waals surface area contributed by atoms with Crippen LogP contribution in [0.2, 0.25) is 0 Å². The van der Waals surface area contributed by atoms with Crippen molar-refractivity contribution in [2.75, 3.05) is 20.8 Å². The van der Waals surface area contributed by atoms with Gasteiger partial charge in [0.1, 0.15) is 5.75 Å². The Morgan fingerprint density at radius 2 is 1.72 bits per heavy atom. The molecule has 0 radical (unpaired) electrons. The van der Waals surface area contributed by atoms with E-state index in [0.717, 1.165) is 35.2 Å². The van der Waals surface area contributed by atoms with Gasteiger partial charge in [-0.3, -0.25) is 0 Å². The van der Waals surface area contributed by atoms with Gasteiger partial charge >= 0.3 is 6.36 Å². The number of hydrogen-bond acceptors (Lipinski definition) is 4. The van der Waals surface area contributed by atoms with E-state index >= 15 is 0 Å². The molecular formula is C21H23F3N2O3. The number of aromatic nitrogens is 1. The van der Waals surface area contributed by atoms with Crippen LogP contribution in [-0.2, 0) is 6.42 Å². The van der Waals surface area contributed by atoms with Gasteiger partial charge in [0.05, 0.1) is 14.2 Å². The molecule has 0 amide bonds. The second kappa shape index (κ2) is 8.65. The van der Waals surface area contributed by atoms with E-state index in [-0.39, 0.29) is 5.75 Å². The molecule has 0 saturated carbocycles. The Bertz CT molecular complexity index is 983. The number of halogens is 3. The standard InChI is InChI=1S/C21H23F3N2O3/c1-27-18-9-6-13(11-19(18)28-2)20-15(5-3-4-10-25)16-12-14(29-21(22,23)24)7-8-17(16)26-20/h6-9,11-12,26H,3-5,10,25H2,1-2H3. The molecule has 2 aromatic carbocycles. The van der Waals surface area contributed by atoms with Crippen molar-refractivity contribution in [1.29, 1.82) is 0 Å². The number of ether oxygens (including phenoxy) is 3. The first-order valence-corrected chi connectivity index (χ1v) is 9.19. The number of alkyl halides is 3. The molecule has 0 spiro atoms. The van der Waals surface area contributed by atoms with Gasteiger partial charge in [0, 0.05) is 22.2 Å². The van der Waals surface area contributed by atoms with Gasteiger partial charge < -0.3 is 24.9 Å². The Morgan fingerprint density at radius 1 is 0.966 bits per heavy atom. The number of unbranched alkanes of at least 4 members (excludes halogenated alkanes) is 1. The van der Waals surface area contributed by atoms with E-state index in [1.165, 1.54) is 12.1 Å².